The molecule has 2 heterocycles. The molecule has 2 aromatic heterocycles. The molecule has 0 bridgehead atoms. The molecule has 0 radical (unpaired) electrons. The maximum absolute atomic E-state index is 4.89. The summed E-state index contributed by atoms with van der Waals surface area (Å²) in [4.78, 5) is 14.6. The molecular formula is C37H24N4. The summed E-state index contributed by atoms with van der Waals surface area (Å²) in [5, 5.41) is 6.30. The highest BCUT2D eigenvalue weighted by Gasteiger charge is 2.15. The monoisotopic (exact) mass is 524 g/mol. The third-order valence-corrected chi connectivity index (χ3v) is 7.68. The van der Waals surface area contributed by atoms with Crippen LogP contribution in [0.5, 0.6) is 0 Å². The van der Waals surface area contributed by atoms with Crippen molar-refractivity contribution in [2.75, 3.05) is 0 Å². The van der Waals surface area contributed by atoms with Gasteiger partial charge in [-0.1, -0.05) is 109 Å². The standard InChI is InChI=1S/C37H24N4/c1-3-11-25(12-4-1)35-38-36(26-13-5-2-6-14-26)40-37(39-35)27-19-21-28(22-20-27)41-24-23-33-31-17-8-7-15-29(31)30-16-9-10-18-32(30)34(33)41/h1-24H. The summed E-state index contributed by atoms with van der Waals surface area (Å²) in [5.74, 6) is 1.97. The second kappa shape index (κ2) is 9.54. The van der Waals surface area contributed by atoms with Crippen molar-refractivity contribution in [3.63, 3.8) is 0 Å². The van der Waals surface area contributed by atoms with Crippen molar-refractivity contribution in [1.29, 1.82) is 0 Å². The first-order valence-corrected chi connectivity index (χ1v) is 13.7. The van der Waals surface area contributed by atoms with Crippen molar-refractivity contribution in [2.45, 2.75) is 0 Å². The molecule has 0 aliphatic heterocycles. The van der Waals surface area contributed by atoms with E-state index in [1.165, 1.54) is 32.4 Å². The van der Waals surface area contributed by atoms with E-state index in [2.05, 4.69) is 89.6 Å². The lowest BCUT2D eigenvalue weighted by Crippen LogP contribution is -2.00. The second-order valence-electron chi connectivity index (χ2n) is 10.1. The normalized spacial score (nSPS) is 11.4. The maximum atomic E-state index is 4.89. The van der Waals surface area contributed by atoms with Gasteiger partial charge in [-0.25, -0.2) is 15.0 Å². The zero-order valence-electron chi connectivity index (χ0n) is 22.1. The topological polar surface area (TPSA) is 43.6 Å². The van der Waals surface area contributed by atoms with E-state index >= 15 is 0 Å². The van der Waals surface area contributed by atoms with E-state index in [1.54, 1.807) is 0 Å². The molecule has 0 atom stereocenters. The fraction of sp³-hybridized carbons (Fsp3) is 0. The molecule has 0 aliphatic carbocycles. The molecular weight excluding hydrogens is 500 g/mol. The van der Waals surface area contributed by atoms with E-state index < -0.39 is 0 Å². The molecule has 0 amide bonds. The van der Waals surface area contributed by atoms with Gasteiger partial charge in [-0.2, -0.15) is 0 Å². The molecule has 0 saturated heterocycles. The predicted molar refractivity (Wildman–Crippen MR) is 168 cm³/mol. The van der Waals surface area contributed by atoms with Crippen molar-refractivity contribution in [2.24, 2.45) is 0 Å². The van der Waals surface area contributed by atoms with Crippen LogP contribution in [0.25, 0.3) is 72.3 Å². The molecule has 4 nitrogen and oxygen atoms in total. The van der Waals surface area contributed by atoms with Crippen molar-refractivity contribution >= 4 is 32.4 Å². The van der Waals surface area contributed by atoms with Gasteiger partial charge in [-0.05, 0) is 46.5 Å². The van der Waals surface area contributed by atoms with Crippen LogP contribution in [0.2, 0.25) is 0 Å². The highest BCUT2D eigenvalue weighted by atomic mass is 15.0. The van der Waals surface area contributed by atoms with Gasteiger partial charge >= 0.3 is 0 Å². The van der Waals surface area contributed by atoms with Gasteiger partial charge in [0.15, 0.2) is 17.5 Å². The Balaban J connectivity index is 1.27. The van der Waals surface area contributed by atoms with Crippen LogP contribution in [-0.4, -0.2) is 19.5 Å². The number of hydrogen-bond acceptors (Lipinski definition) is 3. The zero-order chi connectivity index (χ0) is 27.2. The van der Waals surface area contributed by atoms with E-state index in [1.807, 2.05) is 60.7 Å². The summed E-state index contributed by atoms with van der Waals surface area (Å²) < 4.78 is 2.28. The van der Waals surface area contributed by atoms with Crippen LogP contribution in [-0.2, 0) is 0 Å². The minimum absolute atomic E-state index is 0.651. The number of rotatable bonds is 4. The Kier molecular flexibility index (Phi) is 5.42. The first-order valence-electron chi connectivity index (χ1n) is 13.7. The molecule has 4 heteroatoms. The third kappa shape index (κ3) is 3.97. The van der Waals surface area contributed by atoms with Crippen LogP contribution >= 0.6 is 0 Å². The molecule has 0 spiro atoms. The van der Waals surface area contributed by atoms with Gasteiger partial charge in [-0.15, -0.1) is 0 Å². The Morgan fingerprint density at radius 1 is 0.341 bits per heavy atom. The third-order valence-electron chi connectivity index (χ3n) is 7.68. The largest absolute Gasteiger partial charge is 0.316 e. The van der Waals surface area contributed by atoms with Crippen LogP contribution in [0, 0.1) is 0 Å². The Labute approximate surface area is 237 Å². The molecule has 0 aliphatic rings. The van der Waals surface area contributed by atoms with E-state index in [0.717, 1.165) is 22.4 Å². The average Bonchev–Trinajstić information content (AvgIpc) is 3.51. The van der Waals surface area contributed by atoms with E-state index in [9.17, 15) is 0 Å². The fourth-order valence-corrected chi connectivity index (χ4v) is 5.73. The Morgan fingerprint density at radius 2 is 0.732 bits per heavy atom. The summed E-state index contributed by atoms with van der Waals surface area (Å²) in [6.07, 6.45) is 2.17. The van der Waals surface area contributed by atoms with Crippen LogP contribution in [0.3, 0.4) is 0 Å². The number of fused-ring (bicyclic) bond motifs is 6. The summed E-state index contributed by atoms with van der Waals surface area (Å²) in [5.41, 5.74) is 5.16. The lowest BCUT2D eigenvalue weighted by molar-refractivity contribution is 1.07. The predicted octanol–water partition coefficient (Wildman–Crippen LogP) is 9.12. The van der Waals surface area contributed by atoms with E-state index in [0.29, 0.717) is 17.5 Å². The van der Waals surface area contributed by atoms with Crippen molar-refractivity contribution in [3.05, 3.63) is 146 Å². The van der Waals surface area contributed by atoms with Gasteiger partial charge in [0, 0.05) is 39.3 Å². The lowest BCUT2D eigenvalue weighted by Gasteiger charge is -2.12. The van der Waals surface area contributed by atoms with Crippen molar-refractivity contribution in [1.82, 2.24) is 19.5 Å². The molecule has 0 fully saturated rings. The molecule has 41 heavy (non-hydrogen) atoms. The van der Waals surface area contributed by atoms with Gasteiger partial charge in [0.1, 0.15) is 0 Å². The fourth-order valence-electron chi connectivity index (χ4n) is 5.73. The van der Waals surface area contributed by atoms with Crippen molar-refractivity contribution < 1.29 is 0 Å². The highest BCUT2D eigenvalue weighted by Crippen LogP contribution is 2.37. The molecule has 6 aromatic carbocycles. The van der Waals surface area contributed by atoms with Gasteiger partial charge < -0.3 is 4.57 Å². The number of hydrogen-bond donors (Lipinski definition) is 0. The van der Waals surface area contributed by atoms with E-state index in [4.69, 9.17) is 15.0 Å². The molecule has 8 rings (SSSR count). The zero-order valence-corrected chi connectivity index (χ0v) is 22.1. The average molecular weight is 525 g/mol. The molecule has 0 N–H and O–H groups in total. The molecule has 8 aromatic rings. The van der Waals surface area contributed by atoms with Gasteiger partial charge in [0.05, 0.1) is 5.52 Å². The van der Waals surface area contributed by atoms with Gasteiger partial charge in [0.25, 0.3) is 0 Å². The molecule has 0 unspecified atom stereocenters. The summed E-state index contributed by atoms with van der Waals surface area (Å²) in [7, 11) is 0. The maximum Gasteiger partial charge on any atom is 0.164 e. The van der Waals surface area contributed by atoms with Gasteiger partial charge in [-0.3, -0.25) is 0 Å². The first kappa shape index (κ1) is 23.3. The minimum atomic E-state index is 0.651. The summed E-state index contributed by atoms with van der Waals surface area (Å²) in [6.45, 7) is 0. The minimum Gasteiger partial charge on any atom is -0.316 e. The number of benzene rings is 6. The summed E-state index contributed by atoms with van der Waals surface area (Å²) >= 11 is 0. The Morgan fingerprint density at radius 3 is 1.24 bits per heavy atom. The molecule has 192 valence electrons. The Bertz CT molecular complexity index is 2120. The number of aromatic nitrogens is 4. The van der Waals surface area contributed by atoms with Gasteiger partial charge in [0.2, 0.25) is 0 Å². The van der Waals surface area contributed by atoms with Crippen LogP contribution in [0.15, 0.2) is 146 Å². The number of nitrogens with zero attached hydrogens (tertiary/aromatic N) is 4. The van der Waals surface area contributed by atoms with Crippen LogP contribution < -0.4 is 0 Å². The lowest BCUT2D eigenvalue weighted by atomic mass is 9.98. The summed E-state index contributed by atoms with van der Waals surface area (Å²) in [6, 6.07) is 48.2. The van der Waals surface area contributed by atoms with E-state index in [-0.39, 0.29) is 0 Å². The second-order valence-corrected chi connectivity index (χ2v) is 10.1. The highest BCUT2D eigenvalue weighted by molar-refractivity contribution is 6.24. The quantitative estimate of drug-likeness (QED) is 0.216. The molecule has 0 saturated carbocycles. The van der Waals surface area contributed by atoms with Crippen LogP contribution in [0.1, 0.15) is 0 Å². The van der Waals surface area contributed by atoms with Crippen LogP contribution in [0.4, 0.5) is 0 Å². The first-order chi connectivity index (χ1) is 20.3. The Hall–Kier alpha value is -5.61. The smallest absolute Gasteiger partial charge is 0.164 e. The SMILES string of the molecule is c1ccc(-c2nc(-c3ccccc3)nc(-c3ccc(-n4ccc5c6ccccc6c6ccccc6c54)cc3)n2)cc1. The van der Waals surface area contributed by atoms with Crippen molar-refractivity contribution in [3.8, 4) is 39.9 Å².